The van der Waals surface area contributed by atoms with Gasteiger partial charge < -0.3 is 92.7 Å². The molecular weight excluding hydrogens is 1320 g/mol. The Balaban J connectivity index is 1.43. The molecule has 5 aromatic rings. The highest BCUT2D eigenvalue weighted by Gasteiger charge is 2.37. The van der Waals surface area contributed by atoms with Crippen LogP contribution in [-0.4, -0.2) is 169 Å². The van der Waals surface area contributed by atoms with Crippen LogP contribution in [0.5, 0.6) is 0 Å². The third-order valence-electron chi connectivity index (χ3n) is 17.1. The van der Waals surface area contributed by atoms with E-state index in [1.54, 1.807) is 78.9 Å². The molecule has 0 radical (unpaired) electrons. The second-order valence-corrected chi connectivity index (χ2v) is 26.0. The molecule has 0 unspecified atom stereocenters. The molecule has 5 aromatic carbocycles. The molecule has 12 amide bonds. The van der Waals surface area contributed by atoms with Gasteiger partial charge in [-0.15, -0.1) is 0 Å². The summed E-state index contributed by atoms with van der Waals surface area (Å²) in [5, 5.41) is 38.4. The number of carboxylic acid groups (broad SMARTS) is 1. The van der Waals surface area contributed by atoms with Crippen molar-refractivity contribution in [2.75, 3.05) is 26.2 Å². The topological polar surface area (TPSA) is 519 Å². The Hall–Kier alpha value is -10.4. The predicted molar refractivity (Wildman–Crippen MR) is 388 cm³/mol. The van der Waals surface area contributed by atoms with Crippen LogP contribution >= 0.6 is 0 Å². The van der Waals surface area contributed by atoms with Crippen LogP contribution in [0.2, 0.25) is 0 Å². The van der Waals surface area contributed by atoms with Crippen molar-refractivity contribution in [2.45, 2.75) is 184 Å². The number of carbonyl (C=O) groups excluding carboxylic acids is 12. The summed E-state index contributed by atoms with van der Waals surface area (Å²) in [4.78, 5) is 180. The van der Waals surface area contributed by atoms with Crippen LogP contribution < -0.4 is 87.6 Å². The van der Waals surface area contributed by atoms with Crippen LogP contribution in [0.15, 0.2) is 115 Å². The minimum absolute atomic E-state index is 0.0280. The van der Waals surface area contributed by atoms with E-state index < -0.39 is 163 Å². The molecule has 558 valence electrons. The average Bonchev–Trinajstić information content (AvgIpc) is 0.824. The number of rotatable bonds is 46. The summed E-state index contributed by atoms with van der Waals surface area (Å²) in [6.45, 7) is 5.09. The lowest BCUT2D eigenvalue weighted by atomic mass is 9.97. The Morgan fingerprint density at radius 1 is 0.379 bits per heavy atom. The summed E-state index contributed by atoms with van der Waals surface area (Å²) in [5.41, 5.74) is 36.4. The number of amides is 12. The first-order chi connectivity index (χ1) is 49.2. The van der Waals surface area contributed by atoms with Gasteiger partial charge in [-0.2, -0.15) is 0 Å². The molecule has 0 saturated carbocycles. The molecule has 0 bridgehead atoms. The lowest BCUT2D eigenvalue weighted by Crippen LogP contribution is -2.61. The molecule has 5 rings (SSSR count). The zero-order valence-electron chi connectivity index (χ0n) is 58.7. The van der Waals surface area contributed by atoms with Gasteiger partial charge in [0.05, 0.1) is 12.5 Å². The van der Waals surface area contributed by atoms with Gasteiger partial charge >= 0.3 is 5.97 Å². The highest BCUT2D eigenvalue weighted by atomic mass is 16.4. The van der Waals surface area contributed by atoms with E-state index in [4.69, 9.17) is 34.4 Å². The van der Waals surface area contributed by atoms with Gasteiger partial charge in [-0.25, -0.2) is 0 Å². The van der Waals surface area contributed by atoms with Gasteiger partial charge in [-0.1, -0.05) is 136 Å². The monoisotopic (exact) mass is 1430 g/mol. The third-order valence-corrected chi connectivity index (χ3v) is 17.1. The Morgan fingerprint density at radius 2 is 0.767 bits per heavy atom. The van der Waals surface area contributed by atoms with E-state index >= 15 is 0 Å². The van der Waals surface area contributed by atoms with Crippen molar-refractivity contribution in [1.82, 2.24) is 53.2 Å². The third kappa shape index (κ3) is 28.5. The largest absolute Gasteiger partial charge is 0.480 e. The molecule has 0 aliphatic carbocycles. The molecule has 30 nitrogen and oxygen atoms in total. The van der Waals surface area contributed by atoms with Crippen LogP contribution in [0.25, 0.3) is 21.5 Å². The van der Waals surface area contributed by atoms with E-state index in [-0.39, 0.29) is 64.0 Å². The smallest absolute Gasteiger partial charge is 0.322 e. The normalized spacial score (nSPS) is 14.1. The van der Waals surface area contributed by atoms with E-state index in [1.165, 1.54) is 6.92 Å². The van der Waals surface area contributed by atoms with Gasteiger partial charge in [0.1, 0.15) is 60.9 Å². The Morgan fingerprint density at radius 3 is 1.25 bits per heavy atom. The predicted octanol–water partition coefficient (Wildman–Crippen LogP) is -0.494. The number of aliphatic carboxylic acids is 1. The quantitative estimate of drug-likeness (QED) is 0.0219. The number of benzene rings is 5. The molecule has 0 aliphatic rings. The summed E-state index contributed by atoms with van der Waals surface area (Å²) in [6, 6.07) is 19.4. The first kappa shape index (κ1) is 83.2. The van der Waals surface area contributed by atoms with Crippen LogP contribution in [0.3, 0.4) is 0 Å². The van der Waals surface area contributed by atoms with Crippen molar-refractivity contribution in [2.24, 2.45) is 40.3 Å². The first-order valence-corrected chi connectivity index (χ1v) is 34.8. The number of primary amides is 2. The number of unbranched alkanes of at least 4 members (excludes halogenated alkanes) is 3. The number of nitrogens with one attached hydrogen (secondary N) is 10. The number of nitrogens with two attached hydrogens (primary N) is 6. The minimum atomic E-state index is -1.81. The van der Waals surface area contributed by atoms with Crippen molar-refractivity contribution in [3.8, 4) is 0 Å². The fourth-order valence-electron chi connectivity index (χ4n) is 11.6. The van der Waals surface area contributed by atoms with E-state index in [2.05, 4.69) is 53.2 Å². The lowest BCUT2D eigenvalue weighted by molar-refractivity contribution is -0.138. The van der Waals surface area contributed by atoms with Crippen molar-refractivity contribution >= 4 is 98.4 Å². The van der Waals surface area contributed by atoms with Gasteiger partial charge in [-0.05, 0) is 135 Å². The zero-order chi connectivity index (χ0) is 75.5. The van der Waals surface area contributed by atoms with Crippen LogP contribution in [0.4, 0.5) is 0 Å². The van der Waals surface area contributed by atoms with Gasteiger partial charge in [0.25, 0.3) is 0 Å². The first-order valence-electron chi connectivity index (χ1n) is 34.8. The van der Waals surface area contributed by atoms with Crippen molar-refractivity contribution in [1.29, 1.82) is 0 Å². The number of carboxylic acids is 1. The summed E-state index contributed by atoms with van der Waals surface area (Å²) in [6.07, 6.45) is 0.887. The maximum atomic E-state index is 15.0. The van der Waals surface area contributed by atoms with Crippen molar-refractivity contribution in [3.63, 3.8) is 0 Å². The Bertz CT molecular complexity index is 3700. The Labute approximate surface area is 598 Å². The number of fused-ring (bicyclic) bond motifs is 2. The van der Waals surface area contributed by atoms with E-state index in [9.17, 15) is 67.4 Å². The highest BCUT2D eigenvalue weighted by Crippen LogP contribution is 2.23. The molecular formula is C73H102N16O14. The van der Waals surface area contributed by atoms with E-state index in [0.29, 0.717) is 67.1 Å². The number of hydrogen-bond donors (Lipinski definition) is 17. The maximum Gasteiger partial charge on any atom is 0.322 e. The molecule has 0 saturated heterocycles. The van der Waals surface area contributed by atoms with E-state index in [1.807, 2.05) is 50.2 Å². The zero-order valence-corrected chi connectivity index (χ0v) is 58.7. The summed E-state index contributed by atoms with van der Waals surface area (Å²) < 4.78 is 0. The van der Waals surface area contributed by atoms with Crippen LogP contribution in [0, 0.1) is 5.92 Å². The van der Waals surface area contributed by atoms with E-state index in [0.717, 1.165) is 16.2 Å². The molecule has 0 fully saturated rings. The number of hydrogen-bond acceptors (Lipinski definition) is 17. The van der Waals surface area contributed by atoms with Crippen molar-refractivity contribution in [3.05, 3.63) is 132 Å². The highest BCUT2D eigenvalue weighted by molar-refractivity contribution is 6.01. The SMILES string of the molecule is CC(C)C[C@@H](NC(=O)[C@H](N)CCCCN)C(=O)N[C@@H](Cc1ccccc1)C(=O)N[C@@H](CC(N)=O)C(=O)N[C@@H](Cc1cccc2ccccc12)C(=O)N[C@@H](CCC(N)=O)C(=O)N[C@@H](C)C(=O)N[C@@H](CCCCN)C(=O)N[C@@H](Cc1cccc2ccccc12)C(=O)N[C@H](CCCCN)C(=O)NCC(=O)O. The minimum Gasteiger partial charge on any atom is -0.480 e. The molecule has 0 aromatic heterocycles. The molecule has 30 heteroatoms. The lowest BCUT2D eigenvalue weighted by Gasteiger charge is -2.28. The van der Waals surface area contributed by atoms with Gasteiger partial charge in [0.15, 0.2) is 0 Å². The second kappa shape index (κ2) is 43.4. The van der Waals surface area contributed by atoms with Crippen molar-refractivity contribution < 1.29 is 67.4 Å². The molecule has 10 atom stereocenters. The fraction of sp³-hybridized carbons (Fsp3) is 0.466. The summed E-state index contributed by atoms with van der Waals surface area (Å²) in [5.74, 6) is -12.2. The summed E-state index contributed by atoms with van der Waals surface area (Å²) >= 11 is 0. The van der Waals surface area contributed by atoms with Gasteiger partial charge in [0, 0.05) is 25.7 Å². The summed E-state index contributed by atoms with van der Waals surface area (Å²) in [7, 11) is 0. The molecule has 0 spiro atoms. The molecule has 0 heterocycles. The van der Waals surface area contributed by atoms with Gasteiger partial charge in [-0.3, -0.25) is 62.3 Å². The molecule has 103 heavy (non-hydrogen) atoms. The standard InChI is InChI=1S/C73H102N16O14/c1-43(2)37-56(85-65(95)52(77)29-11-14-34-74)69(99)86-57(38-45-19-5-4-6-20-45)70(100)89-60(41-62(79)91)73(103)88-59(40-49-26-18-24-47-22-8-10-28-51(47)49)72(102)84-55(32-33-61(78)90)67(97)81-44(3)64(94)82-54(31-13-16-36-76)68(98)87-58(39-48-25-17-23-46-21-7-9-27-50(46)48)71(101)83-53(30-12-15-35-75)66(96)80-42-63(92)93/h4-10,17-28,43-44,52-60H,11-16,29-42,74-77H2,1-3H3,(H2,78,90)(H2,79,91)(H,80,96)(H,81,97)(H,82,94)(H,83,101)(H,84,102)(H,85,95)(H,86,99)(H,87,98)(H,88,103)(H,89,100)(H,92,93)/t44-,52+,53+,54-,55-,56+,57-,58-,59-,60-/m0/s1. The molecule has 23 N–H and O–H groups in total. The number of carbonyl (C=O) groups is 13. The van der Waals surface area contributed by atoms with Gasteiger partial charge in [0.2, 0.25) is 70.9 Å². The van der Waals surface area contributed by atoms with Crippen LogP contribution in [0.1, 0.15) is 121 Å². The Kier molecular flexibility index (Phi) is 35.1. The maximum absolute atomic E-state index is 15.0. The molecule has 0 aliphatic heterocycles. The second-order valence-electron chi connectivity index (χ2n) is 26.0. The fourth-order valence-corrected chi connectivity index (χ4v) is 11.6. The van der Waals surface area contributed by atoms with Crippen LogP contribution in [-0.2, 0) is 81.6 Å². The average molecular weight is 1430 g/mol.